The third-order valence-electron chi connectivity index (χ3n) is 2.67. The molecule has 0 saturated heterocycles. The van der Waals surface area contributed by atoms with Gasteiger partial charge in [-0.05, 0) is 12.6 Å². The Morgan fingerprint density at radius 2 is 2.00 bits per heavy atom. The van der Waals surface area contributed by atoms with E-state index in [0.717, 1.165) is 35.9 Å². The summed E-state index contributed by atoms with van der Waals surface area (Å²) in [6, 6.07) is 3.85. The first-order valence-corrected chi connectivity index (χ1v) is 6.10. The monoisotopic (exact) mass is 253 g/mol. The Bertz CT molecular complexity index is 395. The Kier molecular flexibility index (Phi) is 4.66. The van der Waals surface area contributed by atoms with Crippen LogP contribution in [-0.4, -0.2) is 33.7 Å². The van der Waals surface area contributed by atoms with Gasteiger partial charge in [-0.25, -0.2) is 0 Å². The summed E-state index contributed by atoms with van der Waals surface area (Å²) in [4.78, 5) is 0. The predicted molar refractivity (Wildman–Crippen MR) is 67.3 cm³/mol. The molecule has 1 N–H and O–H groups in total. The maximum atomic E-state index is 5.70. The number of fused-ring (bicyclic) bond motifs is 1. The molecule has 18 heavy (non-hydrogen) atoms. The van der Waals surface area contributed by atoms with E-state index in [1.165, 1.54) is 0 Å². The molecule has 5 heteroatoms. The molecule has 2 rings (SSSR count). The van der Waals surface area contributed by atoms with E-state index in [2.05, 4.69) is 12.2 Å². The van der Waals surface area contributed by atoms with Crippen LogP contribution in [0.4, 0.5) is 0 Å². The Morgan fingerprint density at radius 1 is 1.22 bits per heavy atom. The molecule has 0 radical (unpaired) electrons. The third-order valence-corrected chi connectivity index (χ3v) is 2.67. The molecule has 0 saturated carbocycles. The summed E-state index contributed by atoms with van der Waals surface area (Å²) in [5.41, 5.74) is 1.07. The average Bonchev–Trinajstić information content (AvgIpc) is 2.83. The highest BCUT2D eigenvalue weighted by Crippen LogP contribution is 2.38. The van der Waals surface area contributed by atoms with Crippen LogP contribution in [-0.2, 0) is 11.3 Å². The highest BCUT2D eigenvalue weighted by molar-refractivity contribution is 5.51. The SMILES string of the molecule is CCNCc1cc2c(cc1OCCOC)OCO2. The van der Waals surface area contributed by atoms with Gasteiger partial charge >= 0.3 is 0 Å². The van der Waals surface area contributed by atoms with Gasteiger partial charge in [-0.1, -0.05) is 6.92 Å². The van der Waals surface area contributed by atoms with Gasteiger partial charge < -0.3 is 24.3 Å². The minimum absolute atomic E-state index is 0.275. The first-order chi connectivity index (χ1) is 8.85. The quantitative estimate of drug-likeness (QED) is 0.747. The lowest BCUT2D eigenvalue weighted by Crippen LogP contribution is -2.14. The maximum Gasteiger partial charge on any atom is 0.231 e. The van der Waals surface area contributed by atoms with Gasteiger partial charge in [-0.2, -0.15) is 0 Å². The molecule has 1 aromatic rings. The molecule has 100 valence electrons. The van der Waals surface area contributed by atoms with Crippen LogP contribution in [0.2, 0.25) is 0 Å². The van der Waals surface area contributed by atoms with Gasteiger partial charge in [0.25, 0.3) is 0 Å². The van der Waals surface area contributed by atoms with Gasteiger partial charge in [0, 0.05) is 25.3 Å². The summed E-state index contributed by atoms with van der Waals surface area (Å²) in [7, 11) is 1.66. The zero-order valence-corrected chi connectivity index (χ0v) is 10.8. The summed E-state index contributed by atoms with van der Waals surface area (Å²) in [5.74, 6) is 2.34. The highest BCUT2D eigenvalue weighted by Gasteiger charge is 2.17. The standard InChI is InChI=1S/C13H19NO4/c1-3-14-8-10-6-12-13(18-9-17-12)7-11(10)16-5-4-15-2/h6-7,14H,3-5,8-9H2,1-2H3. The van der Waals surface area contributed by atoms with Crippen molar-refractivity contribution in [3.63, 3.8) is 0 Å². The van der Waals surface area contributed by atoms with E-state index in [1.54, 1.807) is 7.11 Å². The van der Waals surface area contributed by atoms with E-state index < -0.39 is 0 Å². The molecular formula is C13H19NO4. The number of ether oxygens (including phenoxy) is 4. The van der Waals surface area contributed by atoms with Crippen molar-refractivity contribution >= 4 is 0 Å². The van der Waals surface area contributed by atoms with Crippen molar-refractivity contribution in [2.45, 2.75) is 13.5 Å². The van der Waals surface area contributed by atoms with Gasteiger partial charge in [0.05, 0.1) is 6.61 Å². The number of rotatable bonds is 7. The van der Waals surface area contributed by atoms with Gasteiger partial charge in [-0.3, -0.25) is 0 Å². The number of methoxy groups -OCH3 is 1. The lowest BCUT2D eigenvalue weighted by molar-refractivity contribution is 0.145. The van der Waals surface area contributed by atoms with Crippen molar-refractivity contribution < 1.29 is 18.9 Å². The molecule has 1 heterocycles. The second kappa shape index (κ2) is 6.47. The second-order valence-corrected chi connectivity index (χ2v) is 3.93. The van der Waals surface area contributed by atoms with Crippen molar-refractivity contribution in [1.29, 1.82) is 0 Å². The molecule has 1 aromatic carbocycles. The molecule has 0 aromatic heterocycles. The van der Waals surface area contributed by atoms with E-state index in [1.807, 2.05) is 12.1 Å². The van der Waals surface area contributed by atoms with Crippen LogP contribution in [0.5, 0.6) is 17.2 Å². The van der Waals surface area contributed by atoms with E-state index in [9.17, 15) is 0 Å². The van der Waals surface area contributed by atoms with Crippen molar-refractivity contribution in [2.75, 3.05) is 33.7 Å². The van der Waals surface area contributed by atoms with Crippen molar-refractivity contribution in [2.24, 2.45) is 0 Å². The Balaban J connectivity index is 2.12. The molecule has 5 nitrogen and oxygen atoms in total. The van der Waals surface area contributed by atoms with Gasteiger partial charge in [0.1, 0.15) is 12.4 Å². The Labute approximate surface area is 107 Å². The lowest BCUT2D eigenvalue weighted by Gasteiger charge is -2.12. The first kappa shape index (κ1) is 13.0. The molecule has 0 amide bonds. The number of nitrogens with one attached hydrogen (secondary N) is 1. The first-order valence-electron chi connectivity index (χ1n) is 6.10. The van der Waals surface area contributed by atoms with Gasteiger partial charge in [0.15, 0.2) is 11.5 Å². The summed E-state index contributed by atoms with van der Waals surface area (Å²) in [6.45, 7) is 5.09. The van der Waals surface area contributed by atoms with Crippen LogP contribution >= 0.6 is 0 Å². The fourth-order valence-electron chi connectivity index (χ4n) is 1.73. The molecule has 1 aliphatic rings. The van der Waals surface area contributed by atoms with E-state index in [-0.39, 0.29) is 6.79 Å². The zero-order valence-electron chi connectivity index (χ0n) is 10.8. The smallest absolute Gasteiger partial charge is 0.231 e. The third kappa shape index (κ3) is 3.05. The predicted octanol–water partition coefficient (Wildman–Crippen LogP) is 1.55. The van der Waals surface area contributed by atoms with Crippen LogP contribution in [0, 0.1) is 0 Å². The Hall–Kier alpha value is -1.46. The normalized spacial score (nSPS) is 12.8. The number of hydrogen-bond acceptors (Lipinski definition) is 5. The number of benzene rings is 1. The van der Waals surface area contributed by atoms with Crippen molar-refractivity contribution in [3.05, 3.63) is 17.7 Å². The molecule has 1 aliphatic heterocycles. The van der Waals surface area contributed by atoms with Crippen LogP contribution in [0.15, 0.2) is 12.1 Å². The van der Waals surface area contributed by atoms with E-state index in [0.29, 0.717) is 13.2 Å². The van der Waals surface area contributed by atoms with Crippen molar-refractivity contribution in [3.8, 4) is 17.2 Å². The maximum absolute atomic E-state index is 5.70. The topological polar surface area (TPSA) is 49.0 Å². The summed E-state index contributed by atoms with van der Waals surface area (Å²) < 4.78 is 21.4. The Morgan fingerprint density at radius 3 is 2.72 bits per heavy atom. The van der Waals surface area contributed by atoms with Crippen LogP contribution in [0.25, 0.3) is 0 Å². The van der Waals surface area contributed by atoms with Crippen molar-refractivity contribution in [1.82, 2.24) is 5.32 Å². The fraction of sp³-hybridized carbons (Fsp3) is 0.538. The number of hydrogen-bond donors (Lipinski definition) is 1. The largest absolute Gasteiger partial charge is 0.491 e. The zero-order chi connectivity index (χ0) is 12.8. The van der Waals surface area contributed by atoms with Crippen LogP contribution in [0.1, 0.15) is 12.5 Å². The molecule has 0 unspecified atom stereocenters. The summed E-state index contributed by atoms with van der Waals surface area (Å²) in [6.07, 6.45) is 0. The fourth-order valence-corrected chi connectivity index (χ4v) is 1.73. The molecule has 0 spiro atoms. The van der Waals surface area contributed by atoms with Crippen LogP contribution < -0.4 is 19.5 Å². The highest BCUT2D eigenvalue weighted by atomic mass is 16.7. The molecule has 0 atom stereocenters. The molecule has 0 bridgehead atoms. The molecule has 0 fully saturated rings. The summed E-state index contributed by atoms with van der Waals surface area (Å²) in [5, 5.41) is 3.28. The van der Waals surface area contributed by atoms with Crippen LogP contribution in [0.3, 0.4) is 0 Å². The van der Waals surface area contributed by atoms with E-state index in [4.69, 9.17) is 18.9 Å². The second-order valence-electron chi connectivity index (χ2n) is 3.93. The minimum Gasteiger partial charge on any atom is -0.491 e. The average molecular weight is 253 g/mol. The van der Waals surface area contributed by atoms with E-state index >= 15 is 0 Å². The lowest BCUT2D eigenvalue weighted by atomic mass is 10.1. The van der Waals surface area contributed by atoms with Gasteiger partial charge in [0.2, 0.25) is 6.79 Å². The summed E-state index contributed by atoms with van der Waals surface area (Å²) >= 11 is 0. The molecule has 0 aliphatic carbocycles. The minimum atomic E-state index is 0.275. The molecular weight excluding hydrogens is 234 g/mol. The van der Waals surface area contributed by atoms with Gasteiger partial charge in [-0.15, -0.1) is 0 Å².